The molecule has 0 saturated carbocycles. The van der Waals surface area contributed by atoms with Crippen molar-refractivity contribution >= 4 is 5.78 Å². The normalized spacial score (nSPS) is 28.1. The summed E-state index contributed by atoms with van der Waals surface area (Å²) in [6, 6.07) is 8.59. The molecule has 1 aromatic rings. The lowest BCUT2D eigenvalue weighted by Crippen LogP contribution is -2.07. The smallest absolute Gasteiger partial charge is 0.134 e. The van der Waals surface area contributed by atoms with Crippen molar-refractivity contribution in [3.8, 4) is 0 Å². The van der Waals surface area contributed by atoms with Crippen molar-refractivity contribution < 1.29 is 4.79 Å². The van der Waals surface area contributed by atoms with E-state index in [1.807, 2.05) is 0 Å². The van der Waals surface area contributed by atoms with E-state index in [1.54, 1.807) is 0 Å². The lowest BCUT2D eigenvalue weighted by molar-refractivity contribution is -0.119. The van der Waals surface area contributed by atoms with Crippen molar-refractivity contribution in [1.82, 2.24) is 0 Å². The van der Waals surface area contributed by atoms with Crippen molar-refractivity contribution in [2.75, 3.05) is 0 Å². The third kappa shape index (κ3) is 1.51. The fourth-order valence-corrected chi connectivity index (χ4v) is 3.17. The summed E-state index contributed by atoms with van der Waals surface area (Å²) < 4.78 is 0. The molecule has 2 aliphatic rings. The van der Waals surface area contributed by atoms with E-state index in [9.17, 15) is 4.79 Å². The molecule has 0 saturated heterocycles. The Morgan fingerprint density at radius 2 is 1.81 bits per heavy atom. The van der Waals surface area contributed by atoms with E-state index < -0.39 is 0 Å². The summed E-state index contributed by atoms with van der Waals surface area (Å²) in [4.78, 5) is 11.8. The predicted octanol–water partition coefficient (Wildman–Crippen LogP) is 3.57. The van der Waals surface area contributed by atoms with Gasteiger partial charge in [0.2, 0.25) is 0 Å². The molecule has 2 atom stereocenters. The molecule has 0 heterocycles. The van der Waals surface area contributed by atoms with Gasteiger partial charge in [0.05, 0.1) is 0 Å². The summed E-state index contributed by atoms with van der Waals surface area (Å²) in [5.41, 5.74) is 4.24. The highest BCUT2D eigenvalue weighted by Gasteiger charge is 2.30. The molecule has 1 nitrogen and oxygen atoms in total. The first kappa shape index (κ1) is 9.83. The van der Waals surface area contributed by atoms with Gasteiger partial charge >= 0.3 is 0 Å². The maximum Gasteiger partial charge on any atom is 0.134 e. The predicted molar refractivity (Wildman–Crippen MR) is 64.5 cm³/mol. The van der Waals surface area contributed by atoms with Crippen LogP contribution in [0.5, 0.6) is 0 Å². The molecule has 0 aliphatic heterocycles. The molecular weight excluding hydrogens is 196 g/mol. The Balaban J connectivity index is 2.20. The minimum absolute atomic E-state index is 0.330. The Kier molecular flexibility index (Phi) is 2.20. The molecule has 0 radical (unpaired) electrons. The molecule has 0 amide bonds. The second-order valence-electron chi connectivity index (χ2n) is 5.10. The van der Waals surface area contributed by atoms with E-state index in [-0.39, 0.29) is 0 Å². The summed E-state index contributed by atoms with van der Waals surface area (Å²) >= 11 is 0. The van der Waals surface area contributed by atoms with E-state index in [4.69, 9.17) is 0 Å². The topological polar surface area (TPSA) is 17.1 Å². The molecule has 2 unspecified atom stereocenters. The van der Waals surface area contributed by atoms with Crippen molar-refractivity contribution in [2.24, 2.45) is 0 Å². The van der Waals surface area contributed by atoms with Crippen molar-refractivity contribution in [2.45, 2.75) is 38.0 Å². The van der Waals surface area contributed by atoms with Crippen LogP contribution in [0.15, 0.2) is 35.9 Å². The van der Waals surface area contributed by atoms with E-state index in [1.165, 1.54) is 16.7 Å². The zero-order valence-electron chi connectivity index (χ0n) is 9.57. The number of benzene rings is 1. The average Bonchev–Trinajstić information content (AvgIpc) is 2.44. The number of rotatable bonds is 0. The fraction of sp³-hybridized carbons (Fsp3) is 0.400. The second kappa shape index (κ2) is 3.58. The number of allylic oxidation sites excluding steroid dienone is 2. The van der Waals surface area contributed by atoms with Gasteiger partial charge in [0, 0.05) is 18.8 Å². The highest BCUT2D eigenvalue weighted by Crippen LogP contribution is 2.42. The molecule has 2 bridgehead atoms. The van der Waals surface area contributed by atoms with E-state index in [0.717, 1.165) is 12.8 Å². The van der Waals surface area contributed by atoms with Crippen LogP contribution in [0.3, 0.4) is 0 Å². The monoisotopic (exact) mass is 212 g/mol. The van der Waals surface area contributed by atoms with Gasteiger partial charge < -0.3 is 0 Å². The lowest BCUT2D eigenvalue weighted by atomic mass is 9.89. The van der Waals surface area contributed by atoms with Crippen LogP contribution in [0.1, 0.15) is 49.1 Å². The Bertz CT molecular complexity index is 470. The number of carbonyl (C=O) groups is 1. The summed E-state index contributed by atoms with van der Waals surface area (Å²) in [6.45, 7) is 2.20. The van der Waals surface area contributed by atoms with Gasteiger partial charge in [-0.05, 0) is 30.4 Å². The number of ketones is 1. The fourth-order valence-electron chi connectivity index (χ4n) is 3.17. The summed E-state index contributed by atoms with van der Waals surface area (Å²) in [5, 5.41) is 0. The van der Waals surface area contributed by atoms with Gasteiger partial charge in [-0.2, -0.15) is 0 Å². The number of hydrogen-bond donors (Lipinski definition) is 0. The number of hydrogen-bond acceptors (Lipinski definition) is 1. The zero-order valence-corrected chi connectivity index (χ0v) is 9.57. The third-order valence-corrected chi connectivity index (χ3v) is 3.81. The summed E-state index contributed by atoms with van der Waals surface area (Å²) in [5.74, 6) is 1.18. The van der Waals surface area contributed by atoms with E-state index >= 15 is 0 Å². The van der Waals surface area contributed by atoms with E-state index in [0.29, 0.717) is 24.0 Å². The molecule has 0 aromatic heterocycles. The Hall–Kier alpha value is -1.37. The first-order valence-corrected chi connectivity index (χ1v) is 6.02. The molecule has 0 N–H and O–H groups in total. The number of carbonyl (C=O) groups excluding carboxylic acids is 1. The minimum Gasteiger partial charge on any atom is -0.300 e. The first-order chi connectivity index (χ1) is 7.74. The van der Waals surface area contributed by atoms with Crippen molar-refractivity contribution in [3.05, 3.63) is 47.0 Å². The van der Waals surface area contributed by atoms with Crippen LogP contribution in [0.4, 0.5) is 0 Å². The Morgan fingerprint density at radius 3 is 2.62 bits per heavy atom. The van der Waals surface area contributed by atoms with Crippen LogP contribution in [-0.4, -0.2) is 5.78 Å². The van der Waals surface area contributed by atoms with Crippen LogP contribution >= 0.6 is 0 Å². The van der Waals surface area contributed by atoms with Crippen LogP contribution < -0.4 is 0 Å². The highest BCUT2D eigenvalue weighted by atomic mass is 16.1. The van der Waals surface area contributed by atoms with E-state index in [2.05, 4.69) is 37.3 Å². The van der Waals surface area contributed by atoms with Crippen molar-refractivity contribution in [3.63, 3.8) is 0 Å². The number of Topliss-reactive ketones (excluding diaryl/α,β-unsaturated/α-hetero) is 1. The molecule has 1 heteroatoms. The molecule has 2 aliphatic carbocycles. The van der Waals surface area contributed by atoms with Crippen LogP contribution in [0.2, 0.25) is 0 Å². The largest absolute Gasteiger partial charge is 0.300 e. The molecular formula is C15H16O. The zero-order chi connectivity index (χ0) is 11.1. The molecule has 1 aromatic carbocycles. The second-order valence-corrected chi connectivity index (χ2v) is 5.10. The Morgan fingerprint density at radius 1 is 1.06 bits per heavy atom. The SMILES string of the molecule is CC1=CC2CC(=O)CC(C1)c1ccccc12. The summed E-state index contributed by atoms with van der Waals surface area (Å²) in [7, 11) is 0. The quantitative estimate of drug-likeness (QED) is 0.601. The first-order valence-electron chi connectivity index (χ1n) is 6.02. The minimum atomic E-state index is 0.330. The van der Waals surface area contributed by atoms with Gasteiger partial charge in [-0.15, -0.1) is 0 Å². The van der Waals surface area contributed by atoms with Gasteiger partial charge in [-0.25, -0.2) is 0 Å². The molecule has 0 fully saturated rings. The lowest BCUT2D eigenvalue weighted by Gasteiger charge is -2.15. The molecule has 16 heavy (non-hydrogen) atoms. The van der Waals surface area contributed by atoms with Gasteiger partial charge in [0.1, 0.15) is 5.78 Å². The van der Waals surface area contributed by atoms with Gasteiger partial charge in [-0.3, -0.25) is 4.79 Å². The molecule has 82 valence electrons. The Labute approximate surface area is 96.2 Å². The maximum atomic E-state index is 11.8. The molecule has 0 spiro atoms. The van der Waals surface area contributed by atoms with Crippen LogP contribution in [0.25, 0.3) is 0 Å². The van der Waals surface area contributed by atoms with Crippen LogP contribution in [0, 0.1) is 0 Å². The summed E-state index contributed by atoms with van der Waals surface area (Å²) in [6.07, 6.45) is 4.79. The molecule has 3 rings (SSSR count). The highest BCUT2D eigenvalue weighted by molar-refractivity contribution is 5.82. The van der Waals surface area contributed by atoms with Gasteiger partial charge in [-0.1, -0.05) is 35.9 Å². The van der Waals surface area contributed by atoms with Crippen molar-refractivity contribution in [1.29, 1.82) is 0 Å². The standard InChI is InChI=1S/C15H16O/c1-10-6-11-8-13(16)9-12(7-10)15-5-3-2-4-14(11)15/h2-6,11-12H,7-9H2,1H3. The average molecular weight is 212 g/mol. The van der Waals surface area contributed by atoms with Crippen LogP contribution in [-0.2, 0) is 4.79 Å². The maximum absolute atomic E-state index is 11.8. The third-order valence-electron chi connectivity index (χ3n) is 3.81. The van der Waals surface area contributed by atoms with Gasteiger partial charge in [0.15, 0.2) is 0 Å². The van der Waals surface area contributed by atoms with Gasteiger partial charge in [0.25, 0.3) is 0 Å².